The van der Waals surface area contributed by atoms with Crippen molar-refractivity contribution in [1.82, 2.24) is 34.8 Å². The minimum Gasteiger partial charge on any atom is -0.491 e. The predicted octanol–water partition coefficient (Wildman–Crippen LogP) is 1.10. The van der Waals surface area contributed by atoms with Crippen LogP contribution in [0.2, 0.25) is 0 Å². The van der Waals surface area contributed by atoms with E-state index in [2.05, 4.69) is 40.5 Å². The number of hydrogen-bond acceptors (Lipinski definition) is 12. The van der Waals surface area contributed by atoms with Gasteiger partial charge in [0.2, 0.25) is 17.7 Å². The van der Waals surface area contributed by atoms with E-state index in [1.165, 1.54) is 10.6 Å². The number of rotatable bonds is 9. The number of nitrogens with zero attached hydrogens (tertiary/aromatic N) is 7. The van der Waals surface area contributed by atoms with Crippen LogP contribution in [0.15, 0.2) is 41.0 Å². The Hall–Kier alpha value is -4.01. The number of furan rings is 1. The lowest BCUT2D eigenvalue weighted by Crippen LogP contribution is -2.48. The summed E-state index contributed by atoms with van der Waals surface area (Å²) in [4.78, 5) is 17.5. The van der Waals surface area contributed by atoms with Gasteiger partial charge in [0.15, 0.2) is 5.76 Å². The highest BCUT2D eigenvalue weighted by molar-refractivity contribution is 5.53. The highest BCUT2D eigenvalue weighted by Crippen LogP contribution is 2.25. The standard InChI is InChI=1S/C25H31FN10O3/c26-19-14-17(39-16-18-15-28-6-13-37-18)3-4-20(19)35-10-8-34(9-11-35)7-5-29-24-31-23(27)36-25(32-24)30-22(33-36)21-2-1-12-38-21/h1-4,12,14,18,28H,5-11,13,15-16H2,(H3,27,29,30,31,32,33). The van der Waals surface area contributed by atoms with Crippen molar-refractivity contribution in [1.29, 1.82) is 0 Å². The van der Waals surface area contributed by atoms with E-state index in [1.54, 1.807) is 24.5 Å². The molecule has 4 N–H and O–H groups in total. The fourth-order valence-corrected chi connectivity index (χ4v) is 4.68. The molecule has 39 heavy (non-hydrogen) atoms. The summed E-state index contributed by atoms with van der Waals surface area (Å²) in [5, 5.41) is 10.8. The SMILES string of the molecule is Nc1nc(NCCN2CCN(c3ccc(OCC4CNCCO4)cc3F)CC2)nc2nc(-c3ccco3)nn12. The van der Waals surface area contributed by atoms with Crippen LogP contribution in [0.3, 0.4) is 0 Å². The Balaban J connectivity index is 0.974. The quantitative estimate of drug-likeness (QED) is 0.281. The molecular formula is C25H31FN10O3. The van der Waals surface area contributed by atoms with E-state index in [-0.39, 0.29) is 17.9 Å². The van der Waals surface area contributed by atoms with Crippen molar-refractivity contribution < 1.29 is 18.3 Å². The van der Waals surface area contributed by atoms with Crippen LogP contribution < -0.4 is 26.0 Å². The van der Waals surface area contributed by atoms with E-state index in [4.69, 9.17) is 19.6 Å². The van der Waals surface area contributed by atoms with Crippen LogP contribution in [-0.2, 0) is 4.74 Å². The van der Waals surface area contributed by atoms with Gasteiger partial charge in [0.25, 0.3) is 5.78 Å². The molecule has 3 aromatic heterocycles. The summed E-state index contributed by atoms with van der Waals surface area (Å²) < 4.78 is 33.0. The molecule has 6 rings (SSSR count). The zero-order valence-corrected chi connectivity index (χ0v) is 21.4. The maximum Gasteiger partial charge on any atom is 0.259 e. The minimum atomic E-state index is -0.279. The Bertz CT molecular complexity index is 1380. The predicted molar refractivity (Wildman–Crippen MR) is 142 cm³/mol. The zero-order valence-electron chi connectivity index (χ0n) is 21.4. The molecule has 0 amide bonds. The van der Waals surface area contributed by atoms with Gasteiger partial charge in [-0.3, -0.25) is 4.90 Å². The van der Waals surface area contributed by atoms with Gasteiger partial charge in [0.05, 0.1) is 18.6 Å². The molecule has 0 bridgehead atoms. The largest absolute Gasteiger partial charge is 0.491 e. The van der Waals surface area contributed by atoms with Gasteiger partial charge in [-0.15, -0.1) is 5.10 Å². The molecule has 0 spiro atoms. The molecule has 1 atom stereocenters. The molecule has 0 radical (unpaired) electrons. The summed E-state index contributed by atoms with van der Waals surface area (Å²) in [5.74, 6) is 2.05. The number of fused-ring (bicyclic) bond motifs is 1. The molecule has 2 fully saturated rings. The van der Waals surface area contributed by atoms with Gasteiger partial charge in [0, 0.05) is 58.4 Å². The normalized spacial score (nSPS) is 18.5. The van der Waals surface area contributed by atoms with Gasteiger partial charge in [-0.1, -0.05) is 0 Å². The minimum absolute atomic E-state index is 0.0150. The molecule has 0 aliphatic carbocycles. The molecule has 2 aliphatic heterocycles. The van der Waals surface area contributed by atoms with Crippen LogP contribution in [0.25, 0.3) is 17.4 Å². The van der Waals surface area contributed by atoms with Crippen LogP contribution in [0.4, 0.5) is 22.0 Å². The molecule has 206 valence electrons. The number of ether oxygens (including phenoxy) is 2. The number of anilines is 3. The second-order valence-corrected chi connectivity index (χ2v) is 9.41. The maximum atomic E-state index is 14.9. The van der Waals surface area contributed by atoms with Gasteiger partial charge in [-0.05, 0) is 24.3 Å². The molecule has 5 heterocycles. The fraction of sp³-hybridized carbons (Fsp3) is 0.440. The summed E-state index contributed by atoms with van der Waals surface area (Å²) in [6, 6.07) is 8.60. The number of benzene rings is 1. The summed E-state index contributed by atoms with van der Waals surface area (Å²) >= 11 is 0. The van der Waals surface area contributed by atoms with Crippen molar-refractivity contribution in [2.45, 2.75) is 6.10 Å². The average Bonchev–Trinajstić information content (AvgIpc) is 3.64. The second-order valence-electron chi connectivity index (χ2n) is 9.41. The number of nitrogens with one attached hydrogen (secondary N) is 2. The molecule has 1 aromatic carbocycles. The molecule has 1 unspecified atom stereocenters. The topological polar surface area (TPSA) is 144 Å². The lowest BCUT2D eigenvalue weighted by atomic mass is 10.2. The van der Waals surface area contributed by atoms with E-state index in [0.29, 0.717) is 54.5 Å². The first-order valence-electron chi connectivity index (χ1n) is 13.0. The van der Waals surface area contributed by atoms with Crippen molar-refractivity contribution >= 4 is 23.4 Å². The first-order chi connectivity index (χ1) is 19.1. The van der Waals surface area contributed by atoms with Gasteiger partial charge in [-0.25, -0.2) is 4.39 Å². The molecule has 14 heteroatoms. The van der Waals surface area contributed by atoms with Crippen molar-refractivity contribution in [3.8, 4) is 17.3 Å². The van der Waals surface area contributed by atoms with E-state index in [9.17, 15) is 4.39 Å². The first kappa shape index (κ1) is 25.3. The van der Waals surface area contributed by atoms with Crippen molar-refractivity contribution in [3.63, 3.8) is 0 Å². The Kier molecular flexibility index (Phi) is 7.38. The number of morpholine rings is 1. The lowest BCUT2D eigenvalue weighted by molar-refractivity contribution is 0.000140. The molecule has 0 saturated carbocycles. The highest BCUT2D eigenvalue weighted by Gasteiger charge is 2.21. The molecular weight excluding hydrogens is 507 g/mol. The third-order valence-corrected chi connectivity index (χ3v) is 6.76. The zero-order chi connectivity index (χ0) is 26.6. The molecule has 2 aliphatic rings. The average molecular weight is 539 g/mol. The van der Waals surface area contributed by atoms with Crippen molar-refractivity contribution in [2.24, 2.45) is 0 Å². The Labute approximate surface area is 224 Å². The van der Waals surface area contributed by atoms with E-state index >= 15 is 0 Å². The highest BCUT2D eigenvalue weighted by atomic mass is 19.1. The first-order valence-corrected chi connectivity index (χ1v) is 13.0. The summed E-state index contributed by atoms with van der Waals surface area (Å²) in [6.07, 6.45) is 1.54. The smallest absolute Gasteiger partial charge is 0.259 e. The van der Waals surface area contributed by atoms with Gasteiger partial charge in [0.1, 0.15) is 24.3 Å². The Morgan fingerprint density at radius 3 is 2.82 bits per heavy atom. The summed E-state index contributed by atoms with van der Waals surface area (Å²) in [7, 11) is 0. The maximum absolute atomic E-state index is 14.9. The third kappa shape index (κ3) is 5.87. The van der Waals surface area contributed by atoms with Crippen LogP contribution >= 0.6 is 0 Å². The second kappa shape index (κ2) is 11.4. The molecule has 4 aromatic rings. The van der Waals surface area contributed by atoms with E-state index in [1.807, 2.05) is 6.07 Å². The van der Waals surface area contributed by atoms with Crippen molar-refractivity contribution in [3.05, 3.63) is 42.4 Å². The van der Waals surface area contributed by atoms with Gasteiger partial charge < -0.3 is 35.2 Å². The van der Waals surface area contributed by atoms with Crippen molar-refractivity contribution in [2.75, 3.05) is 81.5 Å². The lowest BCUT2D eigenvalue weighted by Gasteiger charge is -2.36. The van der Waals surface area contributed by atoms with Crippen LogP contribution in [0, 0.1) is 5.82 Å². The van der Waals surface area contributed by atoms with Crippen LogP contribution in [0.1, 0.15) is 0 Å². The Morgan fingerprint density at radius 1 is 1.15 bits per heavy atom. The summed E-state index contributed by atoms with van der Waals surface area (Å²) in [6.45, 7) is 7.12. The van der Waals surface area contributed by atoms with Crippen LogP contribution in [-0.4, -0.2) is 101 Å². The monoisotopic (exact) mass is 538 g/mol. The summed E-state index contributed by atoms with van der Waals surface area (Å²) in [5.41, 5.74) is 6.65. The van der Waals surface area contributed by atoms with Gasteiger partial charge >= 0.3 is 0 Å². The van der Waals surface area contributed by atoms with Crippen LogP contribution in [0.5, 0.6) is 5.75 Å². The van der Waals surface area contributed by atoms with Gasteiger partial charge in [-0.2, -0.15) is 19.5 Å². The third-order valence-electron chi connectivity index (χ3n) is 6.76. The number of aromatic nitrogens is 5. The number of piperazine rings is 1. The van der Waals surface area contributed by atoms with E-state index < -0.39 is 0 Å². The number of halogens is 1. The molecule has 2 saturated heterocycles. The number of hydrogen-bond donors (Lipinski definition) is 3. The number of nitrogen functional groups attached to an aromatic ring is 1. The molecule has 13 nitrogen and oxygen atoms in total. The Morgan fingerprint density at radius 2 is 2.05 bits per heavy atom. The fourth-order valence-electron chi connectivity index (χ4n) is 4.68. The van der Waals surface area contributed by atoms with E-state index in [0.717, 1.165) is 45.8 Å². The number of nitrogens with two attached hydrogens (primary N) is 1.